The Morgan fingerprint density at radius 3 is 2.56 bits per heavy atom. The molecule has 0 saturated carbocycles. The van der Waals surface area contributed by atoms with E-state index >= 15 is 0 Å². The Labute approximate surface area is 186 Å². The molecule has 168 valence electrons. The number of likely N-dealkylation sites (tertiary alicyclic amines) is 1. The van der Waals surface area contributed by atoms with Gasteiger partial charge in [-0.2, -0.15) is 0 Å². The number of ether oxygens (including phenoxy) is 4. The number of piperidine rings is 1. The molecule has 2 heterocycles. The number of methoxy groups -OCH3 is 2. The number of hydrogen-bond acceptors (Lipinski definition) is 6. The van der Waals surface area contributed by atoms with E-state index in [4.69, 9.17) is 18.9 Å². The molecule has 2 aliphatic heterocycles. The van der Waals surface area contributed by atoms with E-state index in [1.165, 1.54) is 6.08 Å². The average molecular weight is 438 g/mol. The highest BCUT2D eigenvalue weighted by molar-refractivity contribution is 5.94. The summed E-state index contributed by atoms with van der Waals surface area (Å²) in [4.78, 5) is 27.1. The van der Waals surface area contributed by atoms with Crippen LogP contribution in [0.15, 0.2) is 42.5 Å². The minimum Gasteiger partial charge on any atom is -0.497 e. The first-order chi connectivity index (χ1) is 15.6. The molecule has 8 nitrogen and oxygen atoms in total. The highest BCUT2D eigenvalue weighted by Gasteiger charge is 2.27. The predicted octanol–water partition coefficient (Wildman–Crippen LogP) is 3.32. The van der Waals surface area contributed by atoms with Gasteiger partial charge in [0.15, 0.2) is 11.5 Å². The normalized spacial score (nSPS) is 15.6. The van der Waals surface area contributed by atoms with Crippen LogP contribution in [0.2, 0.25) is 0 Å². The van der Waals surface area contributed by atoms with Crippen LogP contribution in [0.3, 0.4) is 0 Å². The molecular weight excluding hydrogens is 412 g/mol. The summed E-state index contributed by atoms with van der Waals surface area (Å²) >= 11 is 0. The van der Waals surface area contributed by atoms with E-state index < -0.39 is 0 Å². The number of carbonyl (C=O) groups is 2. The number of carbonyl (C=O) groups excluding carboxylic acids is 2. The second kappa shape index (κ2) is 9.64. The molecule has 1 N–H and O–H groups in total. The van der Waals surface area contributed by atoms with Crippen LogP contribution in [0.1, 0.15) is 18.4 Å². The average Bonchev–Trinajstić information content (AvgIpc) is 3.30. The lowest BCUT2D eigenvalue weighted by Gasteiger charge is -2.30. The summed E-state index contributed by atoms with van der Waals surface area (Å²) in [7, 11) is 3.17. The fourth-order valence-electron chi connectivity index (χ4n) is 3.82. The van der Waals surface area contributed by atoms with Crippen molar-refractivity contribution >= 4 is 23.6 Å². The van der Waals surface area contributed by atoms with Crippen LogP contribution < -0.4 is 24.3 Å². The standard InChI is InChI=1S/C24H26N2O6/c1-29-19-5-7-20(30-2)17(13-19)3-8-23(27)26-11-9-16(10-12-26)24(28)25-18-4-6-21-22(14-18)32-15-31-21/h3-8,13-14,16H,9-12,15H2,1-2H3,(H,25,28)/b8-3+. The van der Waals surface area contributed by atoms with Gasteiger partial charge in [-0.1, -0.05) is 0 Å². The molecule has 2 aliphatic rings. The summed E-state index contributed by atoms with van der Waals surface area (Å²) in [6.45, 7) is 1.24. The third kappa shape index (κ3) is 4.80. The molecule has 0 unspecified atom stereocenters. The van der Waals surface area contributed by atoms with Crippen molar-refractivity contribution in [3.8, 4) is 23.0 Å². The molecule has 4 rings (SSSR count). The Bertz CT molecular complexity index is 1030. The van der Waals surface area contributed by atoms with Crippen molar-refractivity contribution in [1.82, 2.24) is 4.90 Å². The predicted molar refractivity (Wildman–Crippen MR) is 119 cm³/mol. The maximum atomic E-state index is 12.7. The zero-order chi connectivity index (χ0) is 22.5. The van der Waals surface area contributed by atoms with Gasteiger partial charge in [0.25, 0.3) is 0 Å². The summed E-state index contributed by atoms with van der Waals surface area (Å²) in [5.74, 6) is 2.36. The Kier molecular flexibility index (Phi) is 6.49. The van der Waals surface area contributed by atoms with Crippen molar-refractivity contribution in [2.75, 3.05) is 39.4 Å². The van der Waals surface area contributed by atoms with Gasteiger partial charge in [0.05, 0.1) is 14.2 Å². The molecule has 0 aromatic heterocycles. The van der Waals surface area contributed by atoms with Crippen molar-refractivity contribution < 1.29 is 28.5 Å². The molecular formula is C24H26N2O6. The lowest BCUT2D eigenvalue weighted by Crippen LogP contribution is -2.40. The summed E-state index contributed by atoms with van der Waals surface area (Å²) in [6, 6.07) is 10.8. The van der Waals surface area contributed by atoms with Crippen LogP contribution in [0.25, 0.3) is 6.08 Å². The molecule has 0 aliphatic carbocycles. The molecule has 2 aromatic rings. The van der Waals surface area contributed by atoms with Gasteiger partial charge in [-0.05, 0) is 49.2 Å². The number of benzene rings is 2. The number of fused-ring (bicyclic) bond motifs is 1. The van der Waals surface area contributed by atoms with Crippen LogP contribution in [0.5, 0.6) is 23.0 Å². The fourth-order valence-corrected chi connectivity index (χ4v) is 3.82. The van der Waals surface area contributed by atoms with Crippen molar-refractivity contribution in [3.63, 3.8) is 0 Å². The van der Waals surface area contributed by atoms with E-state index in [0.717, 1.165) is 5.56 Å². The first-order valence-electron chi connectivity index (χ1n) is 10.5. The third-order valence-electron chi connectivity index (χ3n) is 5.66. The molecule has 32 heavy (non-hydrogen) atoms. The van der Waals surface area contributed by atoms with Crippen molar-refractivity contribution in [1.29, 1.82) is 0 Å². The Hall–Kier alpha value is -3.68. The van der Waals surface area contributed by atoms with E-state index in [1.807, 2.05) is 6.07 Å². The summed E-state index contributed by atoms with van der Waals surface area (Å²) in [5.41, 5.74) is 1.44. The van der Waals surface area contributed by atoms with Crippen molar-refractivity contribution in [2.45, 2.75) is 12.8 Å². The first-order valence-corrected chi connectivity index (χ1v) is 10.5. The van der Waals surface area contributed by atoms with Crippen LogP contribution in [-0.4, -0.2) is 50.8 Å². The highest BCUT2D eigenvalue weighted by Crippen LogP contribution is 2.34. The number of anilines is 1. The van der Waals surface area contributed by atoms with Crippen molar-refractivity contribution in [2.24, 2.45) is 5.92 Å². The maximum Gasteiger partial charge on any atom is 0.246 e. The third-order valence-corrected chi connectivity index (χ3v) is 5.66. The van der Waals surface area contributed by atoms with E-state index in [0.29, 0.717) is 54.6 Å². The molecule has 0 bridgehead atoms. The number of nitrogens with one attached hydrogen (secondary N) is 1. The van der Waals surface area contributed by atoms with Gasteiger partial charge in [-0.3, -0.25) is 9.59 Å². The number of hydrogen-bond donors (Lipinski definition) is 1. The van der Waals surface area contributed by atoms with Crippen LogP contribution in [0, 0.1) is 5.92 Å². The van der Waals surface area contributed by atoms with Gasteiger partial charge in [0.1, 0.15) is 11.5 Å². The van der Waals surface area contributed by atoms with Gasteiger partial charge in [0, 0.05) is 42.4 Å². The van der Waals surface area contributed by atoms with Crippen molar-refractivity contribution in [3.05, 3.63) is 48.0 Å². The molecule has 0 spiro atoms. The molecule has 8 heteroatoms. The Balaban J connectivity index is 1.31. The molecule has 0 radical (unpaired) electrons. The molecule has 2 amide bonds. The zero-order valence-electron chi connectivity index (χ0n) is 18.1. The van der Waals surface area contributed by atoms with Gasteiger partial charge >= 0.3 is 0 Å². The minimum absolute atomic E-state index is 0.0485. The maximum absolute atomic E-state index is 12.7. The van der Waals surface area contributed by atoms with Crippen LogP contribution >= 0.6 is 0 Å². The molecule has 0 atom stereocenters. The van der Waals surface area contributed by atoms with Gasteiger partial charge in [-0.25, -0.2) is 0 Å². The highest BCUT2D eigenvalue weighted by atomic mass is 16.7. The van der Waals surface area contributed by atoms with Gasteiger partial charge in [-0.15, -0.1) is 0 Å². The van der Waals surface area contributed by atoms with Gasteiger partial charge in [0.2, 0.25) is 18.6 Å². The number of rotatable bonds is 6. The minimum atomic E-state index is -0.146. The molecule has 2 aromatic carbocycles. The van der Waals surface area contributed by atoms with Gasteiger partial charge < -0.3 is 29.2 Å². The lowest BCUT2D eigenvalue weighted by atomic mass is 9.95. The first kappa shape index (κ1) is 21.5. The van der Waals surface area contributed by atoms with E-state index in [-0.39, 0.29) is 24.5 Å². The summed E-state index contributed by atoms with van der Waals surface area (Å²) in [6.07, 6.45) is 4.48. The second-order valence-electron chi connectivity index (χ2n) is 7.60. The van der Waals surface area contributed by atoms with E-state index in [1.54, 1.807) is 55.5 Å². The quantitative estimate of drug-likeness (QED) is 0.697. The van der Waals surface area contributed by atoms with Crippen LogP contribution in [-0.2, 0) is 9.59 Å². The lowest BCUT2D eigenvalue weighted by molar-refractivity contribution is -0.130. The summed E-state index contributed by atoms with van der Waals surface area (Å²) < 4.78 is 21.2. The van der Waals surface area contributed by atoms with Crippen LogP contribution in [0.4, 0.5) is 5.69 Å². The summed E-state index contributed by atoms with van der Waals surface area (Å²) in [5, 5.41) is 2.94. The molecule has 1 saturated heterocycles. The number of amides is 2. The Morgan fingerprint density at radius 2 is 1.81 bits per heavy atom. The monoisotopic (exact) mass is 438 g/mol. The largest absolute Gasteiger partial charge is 0.497 e. The fraction of sp³-hybridized carbons (Fsp3) is 0.333. The topological polar surface area (TPSA) is 86.3 Å². The second-order valence-corrected chi connectivity index (χ2v) is 7.60. The van der Waals surface area contributed by atoms with E-state index in [9.17, 15) is 9.59 Å². The van der Waals surface area contributed by atoms with E-state index in [2.05, 4.69) is 5.32 Å². The smallest absolute Gasteiger partial charge is 0.246 e. The number of nitrogens with zero attached hydrogens (tertiary/aromatic N) is 1. The zero-order valence-corrected chi connectivity index (χ0v) is 18.1. The Morgan fingerprint density at radius 1 is 1.03 bits per heavy atom. The molecule has 1 fully saturated rings. The SMILES string of the molecule is COc1ccc(OC)c(/C=C/C(=O)N2CCC(C(=O)Nc3ccc4c(c3)OCO4)CC2)c1.